The second-order valence-corrected chi connectivity index (χ2v) is 5.87. The number of nitrogens with zero attached hydrogens (tertiary/aromatic N) is 2. The molecule has 1 atom stereocenters. The summed E-state index contributed by atoms with van der Waals surface area (Å²) >= 11 is 0. The minimum atomic E-state index is -0.198. The van der Waals surface area contributed by atoms with Crippen LogP contribution in [-0.4, -0.2) is 47.9 Å². The minimum Gasteiger partial charge on any atom is -0.379 e. The number of H-pyrrole nitrogens is 1. The van der Waals surface area contributed by atoms with E-state index in [0.29, 0.717) is 0 Å². The predicted molar refractivity (Wildman–Crippen MR) is 86.6 cm³/mol. The fourth-order valence-corrected chi connectivity index (χ4v) is 2.93. The van der Waals surface area contributed by atoms with Crippen molar-refractivity contribution in [3.8, 4) is 0 Å². The summed E-state index contributed by atoms with van der Waals surface area (Å²) in [6.07, 6.45) is 1.85. The number of morpholine rings is 1. The Hall–Kier alpha value is -1.76. The van der Waals surface area contributed by atoms with E-state index in [9.17, 15) is 4.39 Å². The van der Waals surface area contributed by atoms with E-state index in [0.717, 1.165) is 50.7 Å². The van der Waals surface area contributed by atoms with Crippen LogP contribution in [0.4, 0.5) is 4.39 Å². The molecule has 0 saturated carbocycles. The molecular weight excluding hydrogens is 295 g/mol. The lowest BCUT2D eigenvalue weighted by Gasteiger charge is -2.35. The SMILES string of the molecule is Cc1[nH]ncc1CNC[C@H](c1ccc(F)cc1)N1CCOCC1. The van der Waals surface area contributed by atoms with Crippen LogP contribution < -0.4 is 5.32 Å². The number of halogens is 1. The van der Waals surface area contributed by atoms with Gasteiger partial charge in [-0.15, -0.1) is 0 Å². The Morgan fingerprint density at radius 1 is 1.30 bits per heavy atom. The third kappa shape index (κ3) is 4.16. The second-order valence-electron chi connectivity index (χ2n) is 5.87. The van der Waals surface area contributed by atoms with Gasteiger partial charge in [0.25, 0.3) is 0 Å². The van der Waals surface area contributed by atoms with Crippen LogP contribution >= 0.6 is 0 Å². The zero-order valence-corrected chi connectivity index (χ0v) is 13.4. The lowest BCUT2D eigenvalue weighted by atomic mass is 10.0. The molecule has 2 heterocycles. The molecule has 2 aromatic rings. The van der Waals surface area contributed by atoms with Gasteiger partial charge in [-0.3, -0.25) is 10.00 Å². The summed E-state index contributed by atoms with van der Waals surface area (Å²) in [5.74, 6) is -0.198. The van der Waals surface area contributed by atoms with Crippen molar-refractivity contribution in [2.75, 3.05) is 32.8 Å². The maximum atomic E-state index is 13.2. The molecule has 0 aliphatic carbocycles. The number of aryl methyl sites for hydroxylation is 1. The fourth-order valence-electron chi connectivity index (χ4n) is 2.93. The maximum Gasteiger partial charge on any atom is 0.123 e. The number of aromatic nitrogens is 2. The van der Waals surface area contributed by atoms with Gasteiger partial charge in [-0.25, -0.2) is 4.39 Å². The standard InChI is InChI=1S/C17H23FN4O/c1-13-15(11-20-21-13)10-19-12-17(22-6-8-23-9-7-22)14-2-4-16(18)5-3-14/h2-5,11,17,19H,6-10,12H2,1H3,(H,20,21)/t17-/m1/s1. The van der Waals surface area contributed by atoms with Crippen molar-refractivity contribution >= 4 is 0 Å². The van der Waals surface area contributed by atoms with E-state index in [2.05, 4.69) is 20.4 Å². The lowest BCUT2D eigenvalue weighted by Crippen LogP contribution is -2.42. The summed E-state index contributed by atoms with van der Waals surface area (Å²) in [7, 11) is 0. The summed E-state index contributed by atoms with van der Waals surface area (Å²) in [4.78, 5) is 2.39. The highest BCUT2D eigenvalue weighted by atomic mass is 19.1. The highest BCUT2D eigenvalue weighted by Gasteiger charge is 2.22. The number of hydrogen-bond donors (Lipinski definition) is 2. The molecular formula is C17H23FN4O. The molecule has 3 rings (SSSR count). The second kappa shape index (κ2) is 7.68. The highest BCUT2D eigenvalue weighted by Crippen LogP contribution is 2.22. The van der Waals surface area contributed by atoms with Crippen LogP contribution in [0.3, 0.4) is 0 Å². The lowest BCUT2D eigenvalue weighted by molar-refractivity contribution is 0.0161. The van der Waals surface area contributed by atoms with Crippen LogP contribution in [0.2, 0.25) is 0 Å². The molecule has 0 bridgehead atoms. The van der Waals surface area contributed by atoms with Gasteiger partial charge in [-0.05, 0) is 24.6 Å². The van der Waals surface area contributed by atoms with Crippen LogP contribution in [0.1, 0.15) is 22.9 Å². The summed E-state index contributed by atoms with van der Waals surface area (Å²) in [6, 6.07) is 7.03. The quantitative estimate of drug-likeness (QED) is 0.856. The fraction of sp³-hybridized carbons (Fsp3) is 0.471. The molecule has 5 nitrogen and oxygen atoms in total. The van der Waals surface area contributed by atoms with Crippen molar-refractivity contribution in [2.45, 2.75) is 19.5 Å². The maximum absolute atomic E-state index is 13.2. The molecule has 1 aliphatic heterocycles. The molecule has 124 valence electrons. The first kappa shape index (κ1) is 16.1. The van der Waals surface area contributed by atoms with Crippen LogP contribution in [0.15, 0.2) is 30.5 Å². The van der Waals surface area contributed by atoms with Crippen molar-refractivity contribution < 1.29 is 9.13 Å². The third-order valence-electron chi connectivity index (χ3n) is 4.33. The van der Waals surface area contributed by atoms with Gasteiger partial charge in [-0.1, -0.05) is 12.1 Å². The molecule has 0 spiro atoms. The number of nitrogens with one attached hydrogen (secondary N) is 2. The number of hydrogen-bond acceptors (Lipinski definition) is 4. The molecule has 1 aromatic carbocycles. The molecule has 6 heteroatoms. The number of rotatable bonds is 6. The van der Waals surface area contributed by atoms with Crippen molar-refractivity contribution in [3.05, 3.63) is 53.1 Å². The van der Waals surface area contributed by atoms with Crippen LogP contribution in [0.5, 0.6) is 0 Å². The monoisotopic (exact) mass is 318 g/mol. The van der Waals surface area contributed by atoms with Gasteiger partial charge < -0.3 is 10.1 Å². The summed E-state index contributed by atoms with van der Waals surface area (Å²) in [5, 5.41) is 10.5. The number of ether oxygens (including phenoxy) is 1. The topological polar surface area (TPSA) is 53.2 Å². The third-order valence-corrected chi connectivity index (χ3v) is 4.33. The first-order valence-corrected chi connectivity index (χ1v) is 8.01. The molecule has 0 radical (unpaired) electrons. The van der Waals surface area contributed by atoms with E-state index in [1.165, 1.54) is 17.7 Å². The van der Waals surface area contributed by atoms with E-state index in [4.69, 9.17) is 4.74 Å². The van der Waals surface area contributed by atoms with Crippen LogP contribution in [-0.2, 0) is 11.3 Å². The number of benzene rings is 1. The predicted octanol–water partition coefficient (Wildman–Crippen LogP) is 2.02. The molecule has 1 saturated heterocycles. The Morgan fingerprint density at radius 3 is 2.70 bits per heavy atom. The largest absolute Gasteiger partial charge is 0.379 e. The molecule has 0 unspecified atom stereocenters. The highest BCUT2D eigenvalue weighted by molar-refractivity contribution is 5.21. The Balaban J connectivity index is 1.67. The van der Waals surface area contributed by atoms with E-state index < -0.39 is 0 Å². The first-order valence-electron chi connectivity index (χ1n) is 8.01. The van der Waals surface area contributed by atoms with E-state index in [-0.39, 0.29) is 11.9 Å². The average Bonchev–Trinajstić information content (AvgIpc) is 2.99. The normalized spacial score (nSPS) is 17.3. The first-order chi connectivity index (χ1) is 11.2. The Kier molecular flexibility index (Phi) is 5.38. The van der Waals surface area contributed by atoms with Gasteiger partial charge in [0.15, 0.2) is 0 Å². The minimum absolute atomic E-state index is 0.198. The summed E-state index contributed by atoms with van der Waals surface area (Å²) in [6.45, 7) is 6.88. The van der Waals surface area contributed by atoms with Gasteiger partial charge in [0.05, 0.1) is 19.4 Å². The van der Waals surface area contributed by atoms with Crippen molar-refractivity contribution in [1.82, 2.24) is 20.4 Å². The Morgan fingerprint density at radius 2 is 2.04 bits per heavy atom. The number of aromatic amines is 1. The molecule has 23 heavy (non-hydrogen) atoms. The molecule has 1 fully saturated rings. The molecule has 2 N–H and O–H groups in total. The van der Waals surface area contributed by atoms with E-state index >= 15 is 0 Å². The van der Waals surface area contributed by atoms with Gasteiger partial charge in [-0.2, -0.15) is 5.10 Å². The van der Waals surface area contributed by atoms with E-state index in [1.807, 2.05) is 25.3 Å². The van der Waals surface area contributed by atoms with Crippen molar-refractivity contribution in [1.29, 1.82) is 0 Å². The summed E-state index contributed by atoms with van der Waals surface area (Å²) < 4.78 is 18.7. The Labute approximate surface area is 135 Å². The molecule has 0 amide bonds. The smallest absolute Gasteiger partial charge is 0.123 e. The van der Waals surface area contributed by atoms with Gasteiger partial charge in [0.1, 0.15) is 5.82 Å². The zero-order chi connectivity index (χ0) is 16.1. The van der Waals surface area contributed by atoms with Crippen LogP contribution in [0, 0.1) is 12.7 Å². The van der Waals surface area contributed by atoms with Gasteiger partial charge >= 0.3 is 0 Å². The van der Waals surface area contributed by atoms with Crippen molar-refractivity contribution in [2.24, 2.45) is 0 Å². The molecule has 1 aromatic heterocycles. The van der Waals surface area contributed by atoms with Crippen molar-refractivity contribution in [3.63, 3.8) is 0 Å². The zero-order valence-electron chi connectivity index (χ0n) is 13.4. The van der Waals surface area contributed by atoms with Gasteiger partial charge in [0.2, 0.25) is 0 Å². The van der Waals surface area contributed by atoms with E-state index in [1.54, 1.807) is 0 Å². The Bertz CT molecular complexity index is 607. The average molecular weight is 318 g/mol. The van der Waals surface area contributed by atoms with Crippen LogP contribution in [0.25, 0.3) is 0 Å². The van der Waals surface area contributed by atoms with Gasteiger partial charge in [0, 0.05) is 43.5 Å². The summed E-state index contributed by atoms with van der Waals surface area (Å²) in [5.41, 5.74) is 3.39. The molecule has 1 aliphatic rings.